The first-order valence-corrected chi connectivity index (χ1v) is 7.22. The van der Waals surface area contributed by atoms with Gasteiger partial charge < -0.3 is 9.47 Å². The quantitative estimate of drug-likeness (QED) is 0.783. The van der Waals surface area contributed by atoms with Crippen LogP contribution in [0, 0.1) is 5.41 Å². The zero-order valence-electron chi connectivity index (χ0n) is 13.8. The molecule has 0 bridgehead atoms. The van der Waals surface area contributed by atoms with Crippen molar-refractivity contribution in [1.82, 2.24) is 0 Å². The fourth-order valence-electron chi connectivity index (χ4n) is 2.34. The maximum atomic E-state index is 12.6. The highest BCUT2D eigenvalue weighted by molar-refractivity contribution is 5.88. The Balaban J connectivity index is 2.91. The normalized spacial score (nSPS) is 25.4. The Hall–Kier alpha value is -0.410. The maximum absolute atomic E-state index is 12.6. The van der Waals surface area contributed by atoms with E-state index in [0.29, 0.717) is 0 Å². The molecule has 0 aromatic heterocycles. The number of rotatable bonds is 3. The Labute approximate surface area is 118 Å². The second-order valence-electron chi connectivity index (χ2n) is 8.22. The molecule has 1 aliphatic rings. The highest BCUT2D eigenvalue weighted by Gasteiger charge is 2.44. The van der Waals surface area contributed by atoms with Crippen molar-refractivity contribution >= 4 is 5.78 Å². The molecule has 0 aromatic carbocycles. The Morgan fingerprint density at radius 3 is 2.05 bits per heavy atom. The summed E-state index contributed by atoms with van der Waals surface area (Å²) in [6, 6.07) is 0. The molecule has 0 amide bonds. The van der Waals surface area contributed by atoms with Gasteiger partial charge in [-0.05, 0) is 47.5 Å². The van der Waals surface area contributed by atoms with Crippen LogP contribution in [0.15, 0.2) is 0 Å². The molecule has 0 aliphatic carbocycles. The lowest BCUT2D eigenvalue weighted by molar-refractivity contribution is -0.169. The van der Waals surface area contributed by atoms with E-state index in [1.807, 2.05) is 41.5 Å². The molecule has 112 valence electrons. The van der Waals surface area contributed by atoms with Crippen molar-refractivity contribution in [3.8, 4) is 0 Å². The molecule has 0 unspecified atom stereocenters. The van der Waals surface area contributed by atoms with Crippen molar-refractivity contribution in [2.75, 3.05) is 0 Å². The van der Waals surface area contributed by atoms with Gasteiger partial charge in [-0.2, -0.15) is 0 Å². The van der Waals surface area contributed by atoms with Crippen LogP contribution in [0.2, 0.25) is 0 Å². The van der Waals surface area contributed by atoms with E-state index in [2.05, 4.69) is 13.8 Å². The van der Waals surface area contributed by atoms with E-state index in [1.165, 1.54) is 0 Å². The van der Waals surface area contributed by atoms with Crippen LogP contribution in [0.1, 0.15) is 68.2 Å². The van der Waals surface area contributed by atoms with Crippen molar-refractivity contribution < 1.29 is 14.3 Å². The van der Waals surface area contributed by atoms with Gasteiger partial charge in [0.1, 0.15) is 6.10 Å². The van der Waals surface area contributed by atoms with E-state index >= 15 is 0 Å². The summed E-state index contributed by atoms with van der Waals surface area (Å²) in [5.41, 5.74) is -0.907. The molecule has 3 heteroatoms. The SMILES string of the molecule is CC(C)(C)O[C@@H](C(=O)C(C)(C)C)[C@H]1CCC(C)(C)O1. The van der Waals surface area contributed by atoms with Crippen LogP contribution in [0.25, 0.3) is 0 Å². The molecule has 3 nitrogen and oxygen atoms in total. The van der Waals surface area contributed by atoms with Crippen LogP contribution in [0.4, 0.5) is 0 Å². The standard InChI is InChI=1S/C16H30O3/c1-14(2,3)13(17)12(19-15(4,5)6)11-9-10-16(7,8)18-11/h11-12H,9-10H2,1-8H3/t11-,12-/m1/s1. The van der Waals surface area contributed by atoms with Crippen LogP contribution in [-0.2, 0) is 14.3 Å². The van der Waals surface area contributed by atoms with E-state index in [-0.39, 0.29) is 23.1 Å². The second-order valence-corrected chi connectivity index (χ2v) is 8.22. The van der Waals surface area contributed by atoms with Crippen LogP contribution in [0.5, 0.6) is 0 Å². The van der Waals surface area contributed by atoms with E-state index in [0.717, 1.165) is 12.8 Å². The smallest absolute Gasteiger partial charge is 0.169 e. The molecule has 2 atom stereocenters. The lowest BCUT2D eigenvalue weighted by atomic mass is 9.85. The Morgan fingerprint density at radius 1 is 1.21 bits per heavy atom. The third-order valence-corrected chi connectivity index (χ3v) is 3.32. The minimum Gasteiger partial charge on any atom is -0.369 e. The number of carbonyl (C=O) groups is 1. The van der Waals surface area contributed by atoms with Crippen LogP contribution in [0.3, 0.4) is 0 Å². The van der Waals surface area contributed by atoms with Crippen molar-refractivity contribution in [1.29, 1.82) is 0 Å². The summed E-state index contributed by atoms with van der Waals surface area (Å²) in [5.74, 6) is 0.130. The third-order valence-electron chi connectivity index (χ3n) is 3.32. The lowest BCUT2D eigenvalue weighted by Crippen LogP contribution is -2.46. The summed E-state index contributed by atoms with van der Waals surface area (Å²) in [4.78, 5) is 12.6. The summed E-state index contributed by atoms with van der Waals surface area (Å²) in [7, 11) is 0. The van der Waals surface area contributed by atoms with E-state index in [4.69, 9.17) is 9.47 Å². The zero-order valence-corrected chi connectivity index (χ0v) is 13.8. The Morgan fingerprint density at radius 2 is 1.74 bits per heavy atom. The summed E-state index contributed by atoms with van der Waals surface area (Å²) < 4.78 is 12.1. The molecule has 1 fully saturated rings. The summed E-state index contributed by atoms with van der Waals surface area (Å²) >= 11 is 0. The van der Waals surface area contributed by atoms with Crippen molar-refractivity contribution in [2.45, 2.75) is 91.6 Å². The lowest BCUT2D eigenvalue weighted by Gasteiger charge is -2.34. The third kappa shape index (κ3) is 4.88. The first kappa shape index (κ1) is 16.6. The van der Waals surface area contributed by atoms with Gasteiger partial charge in [0.2, 0.25) is 0 Å². The summed E-state index contributed by atoms with van der Waals surface area (Å²) in [6.07, 6.45) is 1.26. The topological polar surface area (TPSA) is 35.5 Å². The zero-order chi connectivity index (χ0) is 15.1. The minimum atomic E-state index is -0.471. The van der Waals surface area contributed by atoms with Gasteiger partial charge in [-0.25, -0.2) is 0 Å². The Bertz CT molecular complexity index is 331. The van der Waals surface area contributed by atoms with Crippen molar-refractivity contribution in [3.63, 3.8) is 0 Å². The molecule has 1 aliphatic heterocycles. The van der Waals surface area contributed by atoms with E-state index in [1.54, 1.807) is 0 Å². The number of hydrogen-bond donors (Lipinski definition) is 0. The van der Waals surface area contributed by atoms with E-state index < -0.39 is 11.5 Å². The number of Topliss-reactive ketones (excluding diaryl/α,β-unsaturated/α-hetero) is 1. The molecular weight excluding hydrogens is 240 g/mol. The fourth-order valence-corrected chi connectivity index (χ4v) is 2.34. The monoisotopic (exact) mass is 270 g/mol. The summed E-state index contributed by atoms with van der Waals surface area (Å²) in [6.45, 7) is 15.9. The number of ketones is 1. The van der Waals surface area contributed by atoms with Gasteiger partial charge in [0.15, 0.2) is 5.78 Å². The van der Waals surface area contributed by atoms with Gasteiger partial charge in [-0.3, -0.25) is 4.79 Å². The largest absolute Gasteiger partial charge is 0.369 e. The van der Waals surface area contributed by atoms with Crippen molar-refractivity contribution in [2.24, 2.45) is 5.41 Å². The second kappa shape index (κ2) is 5.17. The van der Waals surface area contributed by atoms with Gasteiger partial charge in [0.25, 0.3) is 0 Å². The highest BCUT2D eigenvalue weighted by Crippen LogP contribution is 2.35. The fraction of sp³-hybridized carbons (Fsp3) is 0.938. The Kier molecular flexibility index (Phi) is 4.53. The molecule has 0 radical (unpaired) electrons. The van der Waals surface area contributed by atoms with Crippen LogP contribution in [-0.4, -0.2) is 29.2 Å². The first-order chi connectivity index (χ1) is 8.32. The molecule has 0 saturated carbocycles. The highest BCUT2D eigenvalue weighted by atomic mass is 16.6. The van der Waals surface area contributed by atoms with Crippen LogP contribution >= 0.6 is 0 Å². The van der Waals surface area contributed by atoms with Crippen molar-refractivity contribution in [3.05, 3.63) is 0 Å². The molecule has 1 heterocycles. The number of hydrogen-bond acceptors (Lipinski definition) is 3. The molecule has 0 aromatic rings. The molecule has 19 heavy (non-hydrogen) atoms. The maximum Gasteiger partial charge on any atom is 0.169 e. The average Bonchev–Trinajstić information content (AvgIpc) is 2.51. The molecule has 0 spiro atoms. The average molecular weight is 270 g/mol. The van der Waals surface area contributed by atoms with Crippen LogP contribution < -0.4 is 0 Å². The van der Waals surface area contributed by atoms with Gasteiger partial charge in [-0.15, -0.1) is 0 Å². The first-order valence-electron chi connectivity index (χ1n) is 7.22. The number of ether oxygens (including phenoxy) is 2. The molecular formula is C16H30O3. The van der Waals surface area contributed by atoms with E-state index in [9.17, 15) is 4.79 Å². The molecule has 1 saturated heterocycles. The van der Waals surface area contributed by atoms with Gasteiger partial charge >= 0.3 is 0 Å². The number of carbonyl (C=O) groups excluding carboxylic acids is 1. The van der Waals surface area contributed by atoms with Gasteiger partial charge in [-0.1, -0.05) is 20.8 Å². The predicted molar refractivity (Wildman–Crippen MR) is 77.3 cm³/mol. The molecule has 1 rings (SSSR count). The summed E-state index contributed by atoms with van der Waals surface area (Å²) in [5, 5.41) is 0. The molecule has 0 N–H and O–H groups in total. The van der Waals surface area contributed by atoms with Gasteiger partial charge in [0, 0.05) is 5.41 Å². The van der Waals surface area contributed by atoms with Gasteiger partial charge in [0.05, 0.1) is 17.3 Å². The minimum absolute atomic E-state index is 0.124. The predicted octanol–water partition coefficient (Wildman–Crippen LogP) is 3.74.